The van der Waals surface area contributed by atoms with E-state index >= 15 is 0 Å². The van der Waals surface area contributed by atoms with Crippen LogP contribution in [0.5, 0.6) is 5.75 Å². The highest BCUT2D eigenvalue weighted by atomic mass is 32.1. The van der Waals surface area contributed by atoms with Crippen LogP contribution in [0, 0.1) is 0 Å². The molecule has 1 heterocycles. The summed E-state index contributed by atoms with van der Waals surface area (Å²) >= 11 is 1.50. The van der Waals surface area contributed by atoms with E-state index < -0.39 is 12.1 Å². The van der Waals surface area contributed by atoms with Crippen LogP contribution in [0.3, 0.4) is 0 Å². The van der Waals surface area contributed by atoms with E-state index in [1.807, 2.05) is 6.07 Å². The molecule has 0 amide bonds. The summed E-state index contributed by atoms with van der Waals surface area (Å²) in [6.45, 7) is 1.50. The average molecular weight is 223 g/mol. The van der Waals surface area contributed by atoms with E-state index in [0.717, 1.165) is 10.2 Å². The largest absolute Gasteiger partial charge is 0.479 e. The minimum absolute atomic E-state index is 0.557. The monoisotopic (exact) mass is 223 g/mol. The highest BCUT2D eigenvalue weighted by Gasteiger charge is 2.12. The number of hydrogen-bond donors (Lipinski definition) is 1. The molecule has 1 aromatic carbocycles. The highest BCUT2D eigenvalue weighted by molar-refractivity contribution is 7.16. The molecule has 2 rings (SSSR count). The van der Waals surface area contributed by atoms with Gasteiger partial charge in [0.05, 0.1) is 15.7 Å². The summed E-state index contributed by atoms with van der Waals surface area (Å²) in [5, 5.41) is 8.68. The van der Waals surface area contributed by atoms with E-state index in [0.29, 0.717) is 5.75 Å². The summed E-state index contributed by atoms with van der Waals surface area (Å²) in [6, 6.07) is 5.34. The smallest absolute Gasteiger partial charge is 0.344 e. The number of thiazole rings is 1. The minimum atomic E-state index is -0.973. The maximum atomic E-state index is 10.6. The molecular formula is C10H9NO3S. The van der Waals surface area contributed by atoms with Crippen LogP contribution < -0.4 is 4.74 Å². The number of carbonyl (C=O) groups is 1. The molecule has 15 heavy (non-hydrogen) atoms. The number of nitrogens with zero attached hydrogens (tertiary/aromatic N) is 1. The van der Waals surface area contributed by atoms with Crippen molar-refractivity contribution in [3.8, 4) is 5.75 Å². The zero-order chi connectivity index (χ0) is 10.8. The molecule has 78 valence electrons. The maximum absolute atomic E-state index is 10.6. The van der Waals surface area contributed by atoms with Gasteiger partial charge < -0.3 is 9.84 Å². The van der Waals surface area contributed by atoms with Crippen LogP contribution in [0.4, 0.5) is 0 Å². The van der Waals surface area contributed by atoms with E-state index in [9.17, 15) is 4.79 Å². The summed E-state index contributed by atoms with van der Waals surface area (Å²) in [5.74, 6) is -0.416. The lowest BCUT2D eigenvalue weighted by molar-refractivity contribution is -0.144. The predicted octanol–water partition coefficient (Wildman–Crippen LogP) is 2.15. The predicted molar refractivity (Wildman–Crippen MR) is 57.3 cm³/mol. The van der Waals surface area contributed by atoms with Crippen LogP contribution in [-0.2, 0) is 4.79 Å². The van der Waals surface area contributed by atoms with Gasteiger partial charge in [-0.2, -0.15) is 0 Å². The molecule has 0 spiro atoms. The molecule has 0 aliphatic rings. The number of carboxylic acid groups (broad SMARTS) is 1. The third-order valence-corrected chi connectivity index (χ3v) is 2.76. The Morgan fingerprint density at radius 3 is 3.13 bits per heavy atom. The first kappa shape index (κ1) is 9.92. The molecule has 0 fully saturated rings. The molecule has 5 heteroatoms. The van der Waals surface area contributed by atoms with Crippen LogP contribution in [0.1, 0.15) is 6.92 Å². The van der Waals surface area contributed by atoms with Crippen molar-refractivity contribution in [1.82, 2.24) is 4.98 Å². The number of aromatic nitrogens is 1. The summed E-state index contributed by atoms with van der Waals surface area (Å²) in [7, 11) is 0. The van der Waals surface area contributed by atoms with Gasteiger partial charge >= 0.3 is 5.97 Å². The topological polar surface area (TPSA) is 59.4 Å². The molecule has 2 aromatic rings. The summed E-state index contributed by atoms with van der Waals surface area (Å²) < 4.78 is 6.22. The zero-order valence-corrected chi connectivity index (χ0v) is 8.82. The molecule has 4 nitrogen and oxygen atoms in total. The molecule has 0 saturated carbocycles. The lowest BCUT2D eigenvalue weighted by Gasteiger charge is -2.09. The second kappa shape index (κ2) is 3.86. The van der Waals surface area contributed by atoms with Crippen LogP contribution in [0.15, 0.2) is 23.7 Å². The third kappa shape index (κ3) is 2.07. The van der Waals surface area contributed by atoms with Crippen molar-refractivity contribution in [2.45, 2.75) is 13.0 Å². The molecule has 0 aliphatic carbocycles. The molecular weight excluding hydrogens is 214 g/mol. The average Bonchev–Trinajstić information content (AvgIpc) is 2.64. The summed E-state index contributed by atoms with van der Waals surface area (Å²) in [6.07, 6.45) is -0.838. The molecule has 1 unspecified atom stereocenters. The standard InChI is InChI=1S/C10H9NO3S/c1-6(10(12)13)14-7-2-3-8-9(4-7)15-5-11-8/h2-6H,1H3,(H,12,13). The first-order valence-corrected chi connectivity index (χ1v) is 5.27. The molecule has 0 bridgehead atoms. The van der Waals surface area contributed by atoms with E-state index in [1.54, 1.807) is 17.6 Å². The fourth-order valence-corrected chi connectivity index (χ4v) is 1.87. The van der Waals surface area contributed by atoms with Gasteiger partial charge in [0.1, 0.15) is 5.75 Å². The Bertz CT molecular complexity index is 494. The summed E-state index contributed by atoms with van der Waals surface area (Å²) in [4.78, 5) is 14.7. The zero-order valence-electron chi connectivity index (χ0n) is 8.01. The van der Waals surface area contributed by atoms with Gasteiger partial charge in [-0.25, -0.2) is 9.78 Å². The van der Waals surface area contributed by atoms with Crippen LogP contribution in [-0.4, -0.2) is 22.2 Å². The Morgan fingerprint density at radius 1 is 1.60 bits per heavy atom. The van der Waals surface area contributed by atoms with Crippen molar-refractivity contribution < 1.29 is 14.6 Å². The number of fused-ring (bicyclic) bond motifs is 1. The van der Waals surface area contributed by atoms with Crippen molar-refractivity contribution in [2.75, 3.05) is 0 Å². The molecule has 1 atom stereocenters. The Labute approximate surface area is 90.1 Å². The van der Waals surface area contributed by atoms with Gasteiger partial charge in [-0.15, -0.1) is 11.3 Å². The molecule has 0 radical (unpaired) electrons. The van der Waals surface area contributed by atoms with Gasteiger partial charge in [-0.05, 0) is 25.1 Å². The first-order valence-electron chi connectivity index (χ1n) is 4.39. The number of benzene rings is 1. The normalized spacial score (nSPS) is 12.6. The summed E-state index contributed by atoms with van der Waals surface area (Å²) in [5.41, 5.74) is 2.64. The van der Waals surface area contributed by atoms with Crippen LogP contribution >= 0.6 is 11.3 Å². The lowest BCUT2D eigenvalue weighted by Crippen LogP contribution is -2.22. The van der Waals surface area contributed by atoms with Crippen LogP contribution in [0.2, 0.25) is 0 Å². The second-order valence-electron chi connectivity index (χ2n) is 3.08. The molecule has 1 N–H and O–H groups in total. The highest BCUT2D eigenvalue weighted by Crippen LogP contribution is 2.23. The van der Waals surface area contributed by atoms with Gasteiger partial charge in [0.2, 0.25) is 0 Å². The van der Waals surface area contributed by atoms with Crippen molar-refractivity contribution in [2.24, 2.45) is 0 Å². The van der Waals surface area contributed by atoms with Gasteiger partial charge in [-0.1, -0.05) is 0 Å². The molecule has 1 aromatic heterocycles. The Balaban J connectivity index is 2.24. The number of ether oxygens (including phenoxy) is 1. The van der Waals surface area contributed by atoms with Crippen molar-refractivity contribution in [1.29, 1.82) is 0 Å². The van der Waals surface area contributed by atoms with Crippen molar-refractivity contribution in [3.63, 3.8) is 0 Å². The minimum Gasteiger partial charge on any atom is -0.479 e. The third-order valence-electron chi connectivity index (χ3n) is 1.96. The lowest BCUT2D eigenvalue weighted by atomic mass is 10.3. The van der Waals surface area contributed by atoms with Crippen molar-refractivity contribution in [3.05, 3.63) is 23.7 Å². The van der Waals surface area contributed by atoms with Gasteiger partial charge in [0.25, 0.3) is 0 Å². The first-order chi connectivity index (χ1) is 7.16. The molecule has 0 saturated heterocycles. The van der Waals surface area contributed by atoms with Gasteiger partial charge in [-0.3, -0.25) is 0 Å². The fraction of sp³-hybridized carbons (Fsp3) is 0.200. The second-order valence-corrected chi connectivity index (χ2v) is 3.97. The number of carboxylic acids is 1. The van der Waals surface area contributed by atoms with Crippen molar-refractivity contribution >= 4 is 27.5 Å². The van der Waals surface area contributed by atoms with E-state index in [2.05, 4.69) is 4.98 Å². The van der Waals surface area contributed by atoms with Crippen LogP contribution in [0.25, 0.3) is 10.2 Å². The SMILES string of the molecule is CC(Oc1ccc2ncsc2c1)C(=O)O. The quantitative estimate of drug-likeness (QED) is 0.866. The number of hydrogen-bond acceptors (Lipinski definition) is 4. The van der Waals surface area contributed by atoms with Gasteiger partial charge in [0, 0.05) is 0 Å². The Hall–Kier alpha value is -1.62. The van der Waals surface area contributed by atoms with E-state index in [-0.39, 0.29) is 0 Å². The number of aliphatic carboxylic acids is 1. The maximum Gasteiger partial charge on any atom is 0.344 e. The van der Waals surface area contributed by atoms with E-state index in [4.69, 9.17) is 9.84 Å². The Kier molecular flexibility index (Phi) is 2.55. The van der Waals surface area contributed by atoms with Gasteiger partial charge in [0.15, 0.2) is 6.10 Å². The Morgan fingerprint density at radius 2 is 2.40 bits per heavy atom. The fourth-order valence-electron chi connectivity index (χ4n) is 1.16. The van der Waals surface area contributed by atoms with E-state index in [1.165, 1.54) is 18.3 Å². The number of rotatable bonds is 3. The molecule has 0 aliphatic heterocycles.